The van der Waals surface area contributed by atoms with Crippen LogP contribution in [0, 0.1) is 0 Å². The van der Waals surface area contributed by atoms with E-state index in [1.54, 1.807) is 7.11 Å². The van der Waals surface area contributed by atoms with E-state index >= 15 is 0 Å². The molecule has 0 spiro atoms. The second-order valence-corrected chi connectivity index (χ2v) is 6.36. The van der Waals surface area contributed by atoms with Gasteiger partial charge in [-0.1, -0.05) is 0 Å². The number of nitrogen functional groups attached to an aromatic ring is 1. The number of methoxy groups -OCH3 is 1. The number of Topliss-reactive ketones (excluding diaryl/α,β-unsaturated/α-hetero) is 1. The number of nitrogens with two attached hydrogens (primary N) is 1. The van der Waals surface area contributed by atoms with E-state index in [0.29, 0.717) is 16.3 Å². The fourth-order valence-corrected chi connectivity index (χ4v) is 3.42. The summed E-state index contributed by atoms with van der Waals surface area (Å²) in [5.74, 6) is 0.562. The van der Waals surface area contributed by atoms with Crippen LogP contribution in [0.1, 0.15) is 16.6 Å². The Morgan fingerprint density at radius 3 is 2.62 bits per heavy atom. The number of likely N-dealkylation sites (N-methyl/N-ethyl adjacent to an activating group) is 1. The van der Waals surface area contributed by atoms with Gasteiger partial charge in [0.05, 0.1) is 17.7 Å². The summed E-state index contributed by atoms with van der Waals surface area (Å²) in [5, 5.41) is 4.19. The van der Waals surface area contributed by atoms with Crippen molar-refractivity contribution in [2.24, 2.45) is 0 Å². The average Bonchev–Trinajstić information content (AvgIpc) is 2.77. The molecule has 1 aromatic heterocycles. The molecule has 0 saturated carbocycles. The molecular formula is C14H24N4O2S. The van der Waals surface area contributed by atoms with E-state index in [9.17, 15) is 4.79 Å². The molecular weight excluding hydrogens is 288 g/mol. The lowest BCUT2D eigenvalue weighted by atomic mass is 10.3. The highest BCUT2D eigenvalue weighted by atomic mass is 32.1. The Morgan fingerprint density at radius 2 is 2.05 bits per heavy atom. The molecule has 1 aliphatic heterocycles. The van der Waals surface area contributed by atoms with Gasteiger partial charge in [0.25, 0.3) is 0 Å². The van der Waals surface area contributed by atoms with E-state index in [-0.39, 0.29) is 5.78 Å². The standard InChI is InChI=1S/C14H24N4O2S/c1-10(19)13-11(15)12(20-3)14(21-13)16-4-5-18-8-6-17(2)7-9-18/h16H,4-9,15H2,1-3H3. The number of piperazine rings is 1. The van der Waals surface area contributed by atoms with Crippen molar-refractivity contribution in [2.45, 2.75) is 6.92 Å². The largest absolute Gasteiger partial charge is 0.492 e. The molecule has 0 bridgehead atoms. The van der Waals surface area contributed by atoms with Crippen LogP contribution in [-0.4, -0.2) is 69.0 Å². The third-order valence-electron chi connectivity index (χ3n) is 3.73. The van der Waals surface area contributed by atoms with Crippen molar-refractivity contribution in [3.63, 3.8) is 0 Å². The maximum atomic E-state index is 11.5. The van der Waals surface area contributed by atoms with E-state index < -0.39 is 0 Å². The van der Waals surface area contributed by atoms with Crippen LogP contribution in [0.25, 0.3) is 0 Å². The third-order valence-corrected chi connectivity index (χ3v) is 4.98. The van der Waals surface area contributed by atoms with Crippen LogP contribution in [0.15, 0.2) is 0 Å². The van der Waals surface area contributed by atoms with Crippen molar-refractivity contribution < 1.29 is 9.53 Å². The zero-order valence-corrected chi connectivity index (χ0v) is 13.8. The molecule has 118 valence electrons. The Bertz CT molecular complexity index is 495. The summed E-state index contributed by atoms with van der Waals surface area (Å²) in [5.41, 5.74) is 6.40. The first-order valence-electron chi connectivity index (χ1n) is 7.15. The quantitative estimate of drug-likeness (QED) is 0.769. The molecule has 0 amide bonds. The van der Waals surface area contributed by atoms with Gasteiger partial charge < -0.3 is 20.7 Å². The number of carbonyl (C=O) groups is 1. The summed E-state index contributed by atoms with van der Waals surface area (Å²) in [7, 11) is 3.73. The zero-order valence-electron chi connectivity index (χ0n) is 12.9. The molecule has 1 fully saturated rings. The van der Waals surface area contributed by atoms with Crippen molar-refractivity contribution in [1.29, 1.82) is 0 Å². The molecule has 1 aromatic rings. The van der Waals surface area contributed by atoms with E-state index in [1.807, 2.05) is 0 Å². The molecule has 0 aromatic carbocycles. The molecule has 1 aliphatic rings. The Kier molecular flexibility index (Phi) is 5.44. The summed E-state index contributed by atoms with van der Waals surface area (Å²) in [6, 6.07) is 0. The van der Waals surface area contributed by atoms with Crippen LogP contribution < -0.4 is 15.8 Å². The second kappa shape index (κ2) is 7.11. The fraction of sp³-hybridized carbons (Fsp3) is 0.643. The Balaban J connectivity index is 1.91. The van der Waals surface area contributed by atoms with Crippen molar-refractivity contribution in [3.05, 3.63) is 4.88 Å². The van der Waals surface area contributed by atoms with Crippen LogP contribution >= 0.6 is 11.3 Å². The SMILES string of the molecule is COc1c(NCCN2CCN(C)CC2)sc(C(C)=O)c1N. The van der Waals surface area contributed by atoms with Gasteiger partial charge in [0.1, 0.15) is 5.00 Å². The molecule has 21 heavy (non-hydrogen) atoms. The molecule has 2 rings (SSSR count). The predicted octanol–water partition coefficient (Wildman–Crippen LogP) is 1.20. The van der Waals surface area contributed by atoms with E-state index in [1.165, 1.54) is 18.3 Å². The van der Waals surface area contributed by atoms with E-state index in [4.69, 9.17) is 10.5 Å². The van der Waals surface area contributed by atoms with Crippen LogP contribution in [0.3, 0.4) is 0 Å². The van der Waals surface area contributed by atoms with Crippen molar-refractivity contribution >= 4 is 27.8 Å². The van der Waals surface area contributed by atoms with Gasteiger partial charge >= 0.3 is 0 Å². The summed E-state index contributed by atoms with van der Waals surface area (Å²) in [4.78, 5) is 16.9. The summed E-state index contributed by atoms with van der Waals surface area (Å²) < 4.78 is 5.31. The Morgan fingerprint density at radius 1 is 1.38 bits per heavy atom. The number of ketones is 1. The number of thiophene rings is 1. The minimum atomic E-state index is -0.0251. The van der Waals surface area contributed by atoms with Crippen LogP contribution in [-0.2, 0) is 0 Å². The minimum Gasteiger partial charge on any atom is -0.492 e. The van der Waals surface area contributed by atoms with Crippen LogP contribution in [0.4, 0.5) is 10.7 Å². The Hall–Kier alpha value is -1.31. The maximum absolute atomic E-state index is 11.5. The molecule has 0 radical (unpaired) electrons. The summed E-state index contributed by atoms with van der Waals surface area (Å²) >= 11 is 1.37. The first-order chi connectivity index (χ1) is 10.0. The lowest BCUT2D eigenvalue weighted by Crippen LogP contribution is -2.45. The van der Waals surface area contributed by atoms with Gasteiger partial charge in [-0.2, -0.15) is 0 Å². The third kappa shape index (κ3) is 3.87. The molecule has 7 heteroatoms. The van der Waals surface area contributed by atoms with Gasteiger partial charge in [-0.15, -0.1) is 11.3 Å². The lowest BCUT2D eigenvalue weighted by molar-refractivity contribution is 0.102. The average molecular weight is 312 g/mol. The summed E-state index contributed by atoms with van der Waals surface area (Å²) in [6.07, 6.45) is 0. The van der Waals surface area contributed by atoms with Gasteiger partial charge in [-0.3, -0.25) is 9.69 Å². The first kappa shape index (κ1) is 16.1. The van der Waals surface area contributed by atoms with Gasteiger partial charge in [-0.25, -0.2) is 0 Å². The van der Waals surface area contributed by atoms with Gasteiger partial charge in [0, 0.05) is 46.2 Å². The van der Waals surface area contributed by atoms with Crippen LogP contribution in [0.2, 0.25) is 0 Å². The monoisotopic (exact) mass is 312 g/mol. The van der Waals surface area contributed by atoms with E-state index in [2.05, 4.69) is 22.2 Å². The number of hydrogen-bond acceptors (Lipinski definition) is 7. The number of carbonyl (C=O) groups excluding carboxylic acids is 1. The highest BCUT2D eigenvalue weighted by Gasteiger charge is 2.19. The summed E-state index contributed by atoms with van der Waals surface area (Å²) in [6.45, 7) is 7.74. The van der Waals surface area contributed by atoms with Crippen molar-refractivity contribution in [3.8, 4) is 5.75 Å². The number of nitrogens with zero attached hydrogens (tertiary/aromatic N) is 2. The molecule has 0 unspecified atom stereocenters. The highest BCUT2D eigenvalue weighted by molar-refractivity contribution is 7.19. The smallest absolute Gasteiger partial charge is 0.176 e. The normalized spacial score (nSPS) is 16.9. The number of ether oxygens (including phenoxy) is 1. The zero-order chi connectivity index (χ0) is 15.4. The van der Waals surface area contributed by atoms with Gasteiger partial charge in [-0.05, 0) is 7.05 Å². The first-order valence-corrected chi connectivity index (χ1v) is 7.96. The van der Waals surface area contributed by atoms with Crippen LogP contribution in [0.5, 0.6) is 5.75 Å². The number of rotatable bonds is 6. The molecule has 3 N–H and O–H groups in total. The molecule has 1 saturated heterocycles. The molecule has 6 nitrogen and oxygen atoms in total. The van der Waals surface area contributed by atoms with E-state index in [0.717, 1.165) is 44.3 Å². The topological polar surface area (TPSA) is 70.8 Å². The number of hydrogen-bond donors (Lipinski definition) is 2. The second-order valence-electron chi connectivity index (χ2n) is 5.34. The van der Waals surface area contributed by atoms with Crippen molar-refractivity contribution in [1.82, 2.24) is 9.80 Å². The number of nitrogens with one attached hydrogen (secondary N) is 1. The minimum absolute atomic E-state index is 0.0251. The maximum Gasteiger partial charge on any atom is 0.176 e. The Labute approximate surface area is 129 Å². The number of anilines is 2. The molecule has 2 heterocycles. The molecule has 0 aliphatic carbocycles. The predicted molar refractivity (Wildman–Crippen MR) is 87.7 cm³/mol. The van der Waals surface area contributed by atoms with Crippen molar-refractivity contribution in [2.75, 3.05) is 64.5 Å². The lowest BCUT2D eigenvalue weighted by Gasteiger charge is -2.32. The van der Waals surface area contributed by atoms with Gasteiger partial charge in [0.15, 0.2) is 11.5 Å². The highest BCUT2D eigenvalue weighted by Crippen LogP contribution is 2.42. The fourth-order valence-electron chi connectivity index (χ4n) is 2.41. The molecule has 0 atom stereocenters. The van der Waals surface area contributed by atoms with Gasteiger partial charge in [0.2, 0.25) is 0 Å².